The van der Waals surface area contributed by atoms with E-state index in [0.29, 0.717) is 17.7 Å². The van der Waals surface area contributed by atoms with E-state index in [-0.39, 0.29) is 18.1 Å². The second-order valence-electron chi connectivity index (χ2n) is 10.5. The summed E-state index contributed by atoms with van der Waals surface area (Å²) in [5.41, 5.74) is 8.90. The van der Waals surface area contributed by atoms with Crippen molar-refractivity contribution < 1.29 is 29.3 Å². The maximum absolute atomic E-state index is 11.9. The molecule has 0 amide bonds. The molecule has 0 radical (unpaired) electrons. The zero-order valence-electron chi connectivity index (χ0n) is 27.1. The van der Waals surface area contributed by atoms with Crippen LogP contribution in [0.2, 0.25) is 0 Å². The Morgan fingerprint density at radius 2 is 1.00 bits per heavy atom. The van der Waals surface area contributed by atoms with Crippen molar-refractivity contribution in [2.24, 2.45) is 0 Å². The van der Waals surface area contributed by atoms with Crippen LogP contribution in [0.4, 0.5) is 0 Å². The van der Waals surface area contributed by atoms with Crippen LogP contribution in [0, 0.1) is 34.6 Å². The largest absolute Gasteiger partial charge is 0.478 e. The summed E-state index contributed by atoms with van der Waals surface area (Å²) in [4.78, 5) is 32.6. The van der Waals surface area contributed by atoms with Gasteiger partial charge >= 0.3 is 11.9 Å². The van der Waals surface area contributed by atoms with Crippen molar-refractivity contribution in [3.63, 3.8) is 0 Å². The van der Waals surface area contributed by atoms with Crippen molar-refractivity contribution in [2.75, 3.05) is 0 Å². The van der Waals surface area contributed by atoms with Crippen molar-refractivity contribution >= 4 is 18.2 Å². The Morgan fingerprint density at radius 3 is 1.41 bits per heavy atom. The van der Waals surface area contributed by atoms with Crippen LogP contribution in [-0.2, 0) is 18.0 Å². The fourth-order valence-electron chi connectivity index (χ4n) is 4.04. The lowest BCUT2D eigenvalue weighted by Crippen LogP contribution is -2.07. The smallest absolute Gasteiger partial charge is 0.338 e. The summed E-state index contributed by atoms with van der Waals surface area (Å²) in [6, 6.07) is 37.6. The van der Waals surface area contributed by atoms with E-state index >= 15 is 0 Å². The molecule has 238 valence electrons. The maximum atomic E-state index is 11.9. The molecular weight excluding hydrogens is 576 g/mol. The number of carboxylic acid groups (broad SMARTS) is 1. The number of carbonyl (C=O) groups is 3. The van der Waals surface area contributed by atoms with Crippen LogP contribution >= 0.6 is 0 Å². The molecule has 6 nitrogen and oxygen atoms in total. The third kappa shape index (κ3) is 12.3. The zero-order valence-corrected chi connectivity index (χ0v) is 27.1. The Morgan fingerprint density at radius 1 is 0.565 bits per heavy atom. The van der Waals surface area contributed by atoms with Gasteiger partial charge in [0.2, 0.25) is 0 Å². The molecule has 0 aliphatic carbocycles. The van der Waals surface area contributed by atoms with Crippen LogP contribution in [0.25, 0.3) is 0 Å². The van der Waals surface area contributed by atoms with Crippen molar-refractivity contribution in [1.82, 2.24) is 0 Å². The van der Waals surface area contributed by atoms with Gasteiger partial charge in [-0.15, -0.1) is 0 Å². The van der Waals surface area contributed by atoms with E-state index in [2.05, 4.69) is 38.1 Å². The second kappa shape index (κ2) is 19.8. The standard InChI is InChI=1S/C16H16O2.C8H8O3.C8H8O.C8H10/c1-12-7-3-5-9-14(12)11-18-16(17)15-10-6-4-8-13(15)2;9-5-6-3-1-2-4-7(6)8(10)11;1-7-4-2-3-5-8(7)6-9;1-7-5-3-4-6-8(7)2/h3-10H,11H2,1-2H3;1-4,9H,5H2,(H,10,11);2-6H,1H3;3-6H,1-2H3. The number of aromatic carboxylic acids is 1. The van der Waals surface area contributed by atoms with E-state index in [1.165, 1.54) is 17.2 Å². The Balaban J connectivity index is 0.000000227. The van der Waals surface area contributed by atoms with Gasteiger partial charge in [-0.05, 0) is 85.7 Å². The normalized spacial score (nSPS) is 9.61. The van der Waals surface area contributed by atoms with Gasteiger partial charge in [0.15, 0.2) is 0 Å². The van der Waals surface area contributed by atoms with Crippen LogP contribution < -0.4 is 0 Å². The first-order valence-corrected chi connectivity index (χ1v) is 14.8. The summed E-state index contributed by atoms with van der Waals surface area (Å²) in [5, 5.41) is 17.3. The maximum Gasteiger partial charge on any atom is 0.338 e. The van der Waals surface area contributed by atoms with Crippen LogP contribution in [0.3, 0.4) is 0 Å². The van der Waals surface area contributed by atoms with Gasteiger partial charge in [0.1, 0.15) is 12.9 Å². The first-order valence-electron chi connectivity index (χ1n) is 14.8. The molecule has 2 N–H and O–H groups in total. The van der Waals surface area contributed by atoms with E-state index in [9.17, 15) is 14.4 Å². The summed E-state index contributed by atoms with van der Waals surface area (Å²) < 4.78 is 5.34. The molecule has 0 atom stereocenters. The quantitative estimate of drug-likeness (QED) is 0.146. The zero-order chi connectivity index (χ0) is 33.9. The van der Waals surface area contributed by atoms with Crippen molar-refractivity contribution in [1.29, 1.82) is 0 Å². The highest BCUT2D eigenvalue weighted by molar-refractivity contribution is 5.91. The number of carbonyl (C=O) groups excluding carboxylic acids is 2. The molecule has 0 unspecified atom stereocenters. The topological polar surface area (TPSA) is 101 Å². The van der Waals surface area contributed by atoms with E-state index in [1.807, 2.05) is 87.5 Å². The van der Waals surface area contributed by atoms with Gasteiger partial charge in [-0.25, -0.2) is 9.59 Å². The second-order valence-corrected chi connectivity index (χ2v) is 10.5. The molecule has 0 heterocycles. The molecule has 5 aromatic rings. The lowest BCUT2D eigenvalue weighted by molar-refractivity contribution is 0.0470. The van der Waals surface area contributed by atoms with Gasteiger partial charge in [0, 0.05) is 5.56 Å². The lowest BCUT2D eigenvalue weighted by atomic mass is 10.1. The predicted molar refractivity (Wildman–Crippen MR) is 183 cm³/mol. The summed E-state index contributed by atoms with van der Waals surface area (Å²) in [5.74, 6) is -1.27. The van der Waals surface area contributed by atoms with Crippen molar-refractivity contribution in [2.45, 2.75) is 47.8 Å². The number of hydrogen-bond acceptors (Lipinski definition) is 5. The molecule has 0 aliphatic rings. The number of benzene rings is 5. The number of carboxylic acids is 1. The highest BCUT2D eigenvalue weighted by Gasteiger charge is 2.10. The first kappa shape index (κ1) is 36.9. The average molecular weight is 619 g/mol. The molecule has 0 saturated carbocycles. The summed E-state index contributed by atoms with van der Waals surface area (Å²) in [6.07, 6.45) is 0.870. The van der Waals surface area contributed by atoms with Gasteiger partial charge in [-0.2, -0.15) is 0 Å². The molecule has 5 aromatic carbocycles. The Kier molecular flexibility index (Phi) is 15.9. The lowest BCUT2D eigenvalue weighted by Gasteiger charge is -2.08. The van der Waals surface area contributed by atoms with Gasteiger partial charge in [-0.1, -0.05) is 109 Å². The summed E-state index contributed by atoms with van der Waals surface area (Å²) in [6.45, 7) is 10.2. The van der Waals surface area contributed by atoms with E-state index < -0.39 is 5.97 Å². The minimum Gasteiger partial charge on any atom is -0.478 e. The fourth-order valence-corrected chi connectivity index (χ4v) is 4.04. The molecule has 0 spiro atoms. The number of aliphatic hydroxyl groups excluding tert-OH is 1. The van der Waals surface area contributed by atoms with Crippen molar-refractivity contribution in [3.05, 3.63) is 177 Å². The molecular formula is C40H42O6. The predicted octanol–water partition coefficient (Wildman–Crippen LogP) is 8.65. The molecule has 6 heteroatoms. The number of ether oxygens (including phenoxy) is 1. The number of hydrogen-bond donors (Lipinski definition) is 2. The number of aryl methyl sites for hydroxylation is 5. The van der Waals surface area contributed by atoms with Crippen LogP contribution in [0.1, 0.15) is 70.0 Å². The highest BCUT2D eigenvalue weighted by atomic mass is 16.5. The molecule has 5 rings (SSSR count). The molecule has 0 bridgehead atoms. The molecule has 0 aromatic heterocycles. The SMILES string of the molecule is Cc1ccccc1C.Cc1ccccc1C=O.Cc1ccccc1COC(=O)c1ccccc1C.O=C(O)c1ccccc1CO. The van der Waals surface area contributed by atoms with Crippen LogP contribution in [0.5, 0.6) is 0 Å². The molecule has 46 heavy (non-hydrogen) atoms. The number of aldehydes is 1. The van der Waals surface area contributed by atoms with E-state index in [1.54, 1.807) is 24.3 Å². The minimum atomic E-state index is -1.00. The molecule has 0 fully saturated rings. The summed E-state index contributed by atoms with van der Waals surface area (Å²) in [7, 11) is 0. The van der Waals surface area contributed by atoms with Gasteiger partial charge < -0.3 is 14.9 Å². The first-order chi connectivity index (χ1) is 22.1. The Hall–Kier alpha value is -5.33. The number of aliphatic hydroxyl groups is 1. The third-order valence-corrected chi connectivity index (χ3v) is 7.14. The number of rotatable bonds is 6. The molecule has 0 saturated heterocycles. The summed E-state index contributed by atoms with van der Waals surface area (Å²) >= 11 is 0. The number of esters is 1. The Bertz CT molecular complexity index is 1690. The third-order valence-electron chi connectivity index (χ3n) is 7.14. The Labute approximate surface area is 272 Å². The van der Waals surface area contributed by atoms with Gasteiger partial charge in [-0.3, -0.25) is 4.79 Å². The fraction of sp³-hybridized carbons (Fsp3) is 0.175. The van der Waals surface area contributed by atoms with Crippen molar-refractivity contribution in [3.8, 4) is 0 Å². The van der Waals surface area contributed by atoms with Crippen LogP contribution in [0.15, 0.2) is 121 Å². The highest BCUT2D eigenvalue weighted by Crippen LogP contribution is 2.13. The van der Waals surface area contributed by atoms with Crippen LogP contribution in [-0.4, -0.2) is 28.4 Å². The van der Waals surface area contributed by atoms with E-state index in [4.69, 9.17) is 14.9 Å². The van der Waals surface area contributed by atoms with E-state index in [0.717, 1.165) is 34.1 Å². The van der Waals surface area contributed by atoms with Gasteiger partial charge in [0.05, 0.1) is 17.7 Å². The molecule has 0 aliphatic heterocycles. The monoisotopic (exact) mass is 618 g/mol. The average Bonchev–Trinajstić information content (AvgIpc) is 3.07. The minimum absolute atomic E-state index is 0.162. The van der Waals surface area contributed by atoms with Gasteiger partial charge in [0.25, 0.3) is 0 Å².